The van der Waals surface area contributed by atoms with Gasteiger partial charge in [-0.05, 0) is 37.8 Å². The van der Waals surface area contributed by atoms with Crippen molar-refractivity contribution in [2.75, 3.05) is 24.7 Å². The number of carbonyl (C=O) groups excluding carboxylic acids is 1. The lowest BCUT2D eigenvalue weighted by Gasteiger charge is -2.10. The fourth-order valence-corrected chi connectivity index (χ4v) is 4.26. The molecule has 1 fully saturated rings. The van der Waals surface area contributed by atoms with Crippen LogP contribution in [-0.4, -0.2) is 39.0 Å². The summed E-state index contributed by atoms with van der Waals surface area (Å²) < 4.78 is 28.0. The third-order valence-electron chi connectivity index (χ3n) is 3.59. The van der Waals surface area contributed by atoms with Crippen LogP contribution in [0.15, 0.2) is 24.3 Å². The predicted molar refractivity (Wildman–Crippen MR) is 81.1 cm³/mol. The molecule has 5 nitrogen and oxygen atoms in total. The lowest BCUT2D eigenvalue weighted by atomic mass is 10.1. The number of ether oxygens (including phenoxy) is 1. The normalized spacial score (nSPS) is 20.1. The Bertz CT molecular complexity index is 580. The van der Waals surface area contributed by atoms with Gasteiger partial charge in [-0.3, -0.25) is 4.79 Å². The third kappa shape index (κ3) is 5.38. The maximum Gasteiger partial charge on any atom is 0.257 e. The van der Waals surface area contributed by atoms with Crippen molar-refractivity contribution in [1.82, 2.24) is 5.32 Å². The summed E-state index contributed by atoms with van der Waals surface area (Å²) in [5, 5.41) is 2.76. The van der Waals surface area contributed by atoms with Gasteiger partial charge in [-0.1, -0.05) is 17.7 Å². The second kappa shape index (κ2) is 6.93. The molecule has 1 heterocycles. The molecule has 116 valence electrons. The average Bonchev–Trinajstić information content (AvgIpc) is 2.78. The molecule has 0 spiro atoms. The minimum absolute atomic E-state index is 0.0218. The molecule has 6 heteroatoms. The highest BCUT2D eigenvalue weighted by molar-refractivity contribution is 7.91. The van der Waals surface area contributed by atoms with Crippen molar-refractivity contribution in [2.24, 2.45) is 5.92 Å². The molecule has 1 aromatic carbocycles. The van der Waals surface area contributed by atoms with E-state index in [2.05, 4.69) is 5.32 Å². The van der Waals surface area contributed by atoms with Crippen molar-refractivity contribution in [2.45, 2.75) is 19.8 Å². The number of benzene rings is 1. The first-order chi connectivity index (χ1) is 9.94. The number of rotatable bonds is 6. The van der Waals surface area contributed by atoms with Crippen LogP contribution < -0.4 is 10.1 Å². The lowest BCUT2D eigenvalue weighted by molar-refractivity contribution is -0.123. The zero-order chi connectivity index (χ0) is 15.3. The van der Waals surface area contributed by atoms with Gasteiger partial charge in [-0.2, -0.15) is 0 Å². The highest BCUT2D eigenvalue weighted by Crippen LogP contribution is 2.20. The number of sulfone groups is 1. The molecule has 1 N–H and O–H groups in total. The Hall–Kier alpha value is -1.56. The molecule has 0 saturated carbocycles. The number of nitrogens with one attached hydrogen (secondary N) is 1. The quantitative estimate of drug-likeness (QED) is 0.860. The Morgan fingerprint density at radius 3 is 2.67 bits per heavy atom. The summed E-state index contributed by atoms with van der Waals surface area (Å²) in [7, 11) is -2.83. The molecule has 1 aromatic rings. The molecular weight excluding hydrogens is 290 g/mol. The smallest absolute Gasteiger partial charge is 0.257 e. The largest absolute Gasteiger partial charge is 0.484 e. The minimum atomic E-state index is -2.83. The van der Waals surface area contributed by atoms with E-state index in [9.17, 15) is 13.2 Å². The molecular formula is C15H21NO4S. The van der Waals surface area contributed by atoms with Gasteiger partial charge < -0.3 is 10.1 Å². The lowest BCUT2D eigenvalue weighted by Crippen LogP contribution is -2.30. The fraction of sp³-hybridized carbons (Fsp3) is 0.533. The van der Waals surface area contributed by atoms with Crippen LogP contribution in [0.4, 0.5) is 0 Å². The summed E-state index contributed by atoms with van der Waals surface area (Å²) in [6.45, 7) is 2.46. The molecule has 1 saturated heterocycles. The molecule has 0 aromatic heterocycles. The second-order valence-corrected chi connectivity index (χ2v) is 7.74. The summed E-state index contributed by atoms with van der Waals surface area (Å²) in [5.41, 5.74) is 1.14. The standard InChI is InChI=1S/C15H21NO4S/c1-12-2-4-14(5-3-12)20-10-15(17)16-8-6-13-7-9-21(18,19)11-13/h2-5,13H,6-11H2,1H3,(H,16,17). The van der Waals surface area contributed by atoms with Gasteiger partial charge in [0.05, 0.1) is 11.5 Å². The maximum absolute atomic E-state index is 11.6. The second-order valence-electron chi connectivity index (χ2n) is 5.51. The van der Waals surface area contributed by atoms with E-state index in [0.717, 1.165) is 5.56 Å². The van der Waals surface area contributed by atoms with Crippen LogP contribution in [0.2, 0.25) is 0 Å². The van der Waals surface area contributed by atoms with Gasteiger partial charge in [0.1, 0.15) is 5.75 Å². The summed E-state index contributed by atoms with van der Waals surface area (Å²) in [5.74, 6) is 1.19. The molecule has 0 radical (unpaired) electrons. The number of amides is 1. The van der Waals surface area contributed by atoms with Crippen LogP contribution in [-0.2, 0) is 14.6 Å². The van der Waals surface area contributed by atoms with Gasteiger partial charge in [-0.25, -0.2) is 8.42 Å². The third-order valence-corrected chi connectivity index (χ3v) is 5.43. The number of carbonyl (C=O) groups is 1. The Morgan fingerprint density at radius 2 is 2.05 bits per heavy atom. The number of aryl methyl sites for hydroxylation is 1. The van der Waals surface area contributed by atoms with Crippen LogP contribution in [0.5, 0.6) is 5.75 Å². The van der Waals surface area contributed by atoms with Crippen LogP contribution >= 0.6 is 0 Å². The summed E-state index contributed by atoms with van der Waals surface area (Å²) in [6, 6.07) is 7.50. The van der Waals surface area contributed by atoms with Crippen molar-refractivity contribution in [3.8, 4) is 5.75 Å². The molecule has 1 atom stereocenters. The van der Waals surface area contributed by atoms with Gasteiger partial charge in [0, 0.05) is 6.54 Å². The van der Waals surface area contributed by atoms with E-state index in [1.807, 2.05) is 31.2 Å². The molecule has 1 unspecified atom stereocenters. The van der Waals surface area contributed by atoms with Crippen LogP contribution in [0, 0.1) is 12.8 Å². The van der Waals surface area contributed by atoms with Crippen LogP contribution in [0.3, 0.4) is 0 Å². The van der Waals surface area contributed by atoms with E-state index in [-0.39, 0.29) is 29.9 Å². The Kier molecular flexibility index (Phi) is 5.22. The summed E-state index contributed by atoms with van der Waals surface area (Å²) >= 11 is 0. The van der Waals surface area contributed by atoms with Crippen molar-refractivity contribution in [1.29, 1.82) is 0 Å². The van der Waals surface area contributed by atoms with Gasteiger partial charge in [-0.15, -0.1) is 0 Å². The highest BCUT2D eigenvalue weighted by atomic mass is 32.2. The van der Waals surface area contributed by atoms with Gasteiger partial charge >= 0.3 is 0 Å². The molecule has 1 aliphatic rings. The Labute approximate surface area is 125 Å². The van der Waals surface area contributed by atoms with E-state index >= 15 is 0 Å². The van der Waals surface area contributed by atoms with E-state index in [4.69, 9.17) is 4.74 Å². The summed E-state index contributed by atoms with van der Waals surface area (Å²) in [6.07, 6.45) is 1.41. The van der Waals surface area contributed by atoms with Gasteiger partial charge in [0.25, 0.3) is 5.91 Å². The van der Waals surface area contributed by atoms with Crippen LogP contribution in [0.1, 0.15) is 18.4 Å². The monoisotopic (exact) mass is 311 g/mol. The Balaban J connectivity index is 1.63. The average molecular weight is 311 g/mol. The van der Waals surface area contributed by atoms with E-state index in [1.165, 1.54) is 0 Å². The SMILES string of the molecule is Cc1ccc(OCC(=O)NCCC2CCS(=O)(=O)C2)cc1. The first-order valence-corrected chi connectivity index (χ1v) is 8.93. The molecule has 0 bridgehead atoms. The van der Waals surface area contributed by atoms with Crippen molar-refractivity contribution >= 4 is 15.7 Å². The number of hydrogen-bond acceptors (Lipinski definition) is 4. The predicted octanol–water partition coefficient (Wildman–Crippen LogP) is 1.31. The van der Waals surface area contributed by atoms with E-state index < -0.39 is 9.84 Å². The summed E-state index contributed by atoms with van der Waals surface area (Å²) in [4.78, 5) is 11.6. The van der Waals surface area contributed by atoms with Crippen molar-refractivity contribution in [3.63, 3.8) is 0 Å². The van der Waals surface area contributed by atoms with E-state index in [1.54, 1.807) is 0 Å². The zero-order valence-corrected chi connectivity index (χ0v) is 13.0. The highest BCUT2D eigenvalue weighted by Gasteiger charge is 2.27. The molecule has 21 heavy (non-hydrogen) atoms. The van der Waals surface area contributed by atoms with E-state index in [0.29, 0.717) is 25.1 Å². The molecule has 0 aliphatic carbocycles. The first-order valence-electron chi connectivity index (χ1n) is 7.11. The first kappa shape index (κ1) is 15.8. The zero-order valence-electron chi connectivity index (χ0n) is 12.2. The van der Waals surface area contributed by atoms with Crippen molar-refractivity contribution < 1.29 is 17.9 Å². The topological polar surface area (TPSA) is 72.5 Å². The van der Waals surface area contributed by atoms with Crippen molar-refractivity contribution in [3.05, 3.63) is 29.8 Å². The fourth-order valence-electron chi connectivity index (χ4n) is 2.35. The molecule has 1 amide bonds. The van der Waals surface area contributed by atoms with Gasteiger partial charge in [0.15, 0.2) is 16.4 Å². The van der Waals surface area contributed by atoms with Gasteiger partial charge in [0.2, 0.25) is 0 Å². The Morgan fingerprint density at radius 1 is 1.33 bits per heavy atom. The number of hydrogen-bond donors (Lipinski definition) is 1. The molecule has 2 rings (SSSR count). The molecule has 1 aliphatic heterocycles. The maximum atomic E-state index is 11.6. The minimum Gasteiger partial charge on any atom is -0.484 e. The van der Waals surface area contributed by atoms with Crippen LogP contribution in [0.25, 0.3) is 0 Å².